The summed E-state index contributed by atoms with van der Waals surface area (Å²) in [6.45, 7) is 4.96. The average Bonchev–Trinajstić information content (AvgIpc) is 2.38. The maximum Gasteiger partial charge on any atom is 0.223 e. The van der Waals surface area contributed by atoms with Crippen LogP contribution in [0.25, 0.3) is 0 Å². The van der Waals surface area contributed by atoms with Crippen molar-refractivity contribution in [3.05, 3.63) is 0 Å². The highest BCUT2D eigenvalue weighted by atomic mass is 16.3. The number of unbranched alkanes of at least 4 members (excludes halogenated alkanes) is 1. The fourth-order valence-corrected chi connectivity index (χ4v) is 1.65. The second-order valence-electron chi connectivity index (χ2n) is 4.39. The van der Waals surface area contributed by atoms with Gasteiger partial charge in [0.25, 0.3) is 0 Å². The number of aliphatic hydroxyl groups excluding tert-OH is 1. The van der Waals surface area contributed by atoms with Crippen LogP contribution >= 0.6 is 0 Å². The molecular formula is C13H25N3O2. The molecule has 0 aromatic rings. The number of nitrogens with zero attached hydrogens (tertiary/aromatic N) is 3. The topological polar surface area (TPSA) is 67.6 Å². The van der Waals surface area contributed by atoms with Crippen LogP contribution in [-0.4, -0.2) is 60.6 Å². The summed E-state index contributed by atoms with van der Waals surface area (Å²) in [4.78, 5) is 15.5. The van der Waals surface area contributed by atoms with E-state index >= 15 is 0 Å². The van der Waals surface area contributed by atoms with Crippen LogP contribution in [0.3, 0.4) is 0 Å². The van der Waals surface area contributed by atoms with Gasteiger partial charge in [0.15, 0.2) is 0 Å². The molecule has 0 aromatic carbocycles. The summed E-state index contributed by atoms with van der Waals surface area (Å²) in [6, 6.07) is 2.03. The Labute approximate surface area is 110 Å². The van der Waals surface area contributed by atoms with Crippen LogP contribution in [0.4, 0.5) is 0 Å². The van der Waals surface area contributed by atoms with Crippen molar-refractivity contribution >= 4 is 5.91 Å². The molecule has 0 saturated carbocycles. The Balaban J connectivity index is 3.93. The van der Waals surface area contributed by atoms with Gasteiger partial charge in [0, 0.05) is 33.1 Å². The number of carbonyl (C=O) groups excluding carboxylic acids is 1. The summed E-state index contributed by atoms with van der Waals surface area (Å²) in [5.74, 6) is 0.0599. The van der Waals surface area contributed by atoms with Gasteiger partial charge in [-0.15, -0.1) is 0 Å². The van der Waals surface area contributed by atoms with Gasteiger partial charge in [-0.3, -0.25) is 4.79 Å². The molecule has 5 nitrogen and oxygen atoms in total. The van der Waals surface area contributed by atoms with E-state index in [1.807, 2.05) is 6.07 Å². The van der Waals surface area contributed by atoms with Crippen molar-refractivity contribution in [3.8, 4) is 6.07 Å². The molecule has 0 aliphatic heterocycles. The molecule has 1 amide bonds. The third-order valence-corrected chi connectivity index (χ3v) is 2.87. The van der Waals surface area contributed by atoms with Crippen LogP contribution in [0.1, 0.15) is 32.6 Å². The molecule has 0 unspecified atom stereocenters. The quantitative estimate of drug-likeness (QED) is 0.628. The lowest BCUT2D eigenvalue weighted by molar-refractivity contribution is -0.130. The van der Waals surface area contributed by atoms with Gasteiger partial charge < -0.3 is 14.9 Å². The number of amides is 1. The summed E-state index contributed by atoms with van der Waals surface area (Å²) in [5.41, 5.74) is 0. The summed E-state index contributed by atoms with van der Waals surface area (Å²) >= 11 is 0. The molecule has 0 fully saturated rings. The zero-order valence-electron chi connectivity index (χ0n) is 11.6. The molecule has 0 saturated heterocycles. The minimum absolute atomic E-state index is 0.0599. The van der Waals surface area contributed by atoms with Gasteiger partial charge in [-0.2, -0.15) is 5.26 Å². The van der Waals surface area contributed by atoms with E-state index in [-0.39, 0.29) is 12.5 Å². The maximum absolute atomic E-state index is 11.8. The van der Waals surface area contributed by atoms with Crippen molar-refractivity contribution in [1.82, 2.24) is 9.80 Å². The van der Waals surface area contributed by atoms with Crippen molar-refractivity contribution in [2.75, 3.05) is 39.8 Å². The Morgan fingerprint density at radius 3 is 2.56 bits per heavy atom. The minimum atomic E-state index is 0.0599. The zero-order valence-corrected chi connectivity index (χ0v) is 11.6. The van der Waals surface area contributed by atoms with Gasteiger partial charge in [0.05, 0.1) is 19.1 Å². The molecular weight excluding hydrogens is 230 g/mol. The number of hydrogen-bond acceptors (Lipinski definition) is 4. The average molecular weight is 255 g/mol. The van der Waals surface area contributed by atoms with Crippen molar-refractivity contribution in [2.24, 2.45) is 0 Å². The fraction of sp³-hybridized carbons (Fsp3) is 0.846. The Kier molecular flexibility index (Phi) is 10.3. The Morgan fingerprint density at radius 1 is 1.28 bits per heavy atom. The number of hydrogen-bond donors (Lipinski definition) is 1. The third kappa shape index (κ3) is 8.04. The highest BCUT2D eigenvalue weighted by Gasteiger charge is 2.11. The Hall–Kier alpha value is -1.12. The standard InChI is InChI=1S/C13H25N3O2/c1-3-4-9-16(11-12-17)10-6-13(18)15(2)8-5-7-14/h17H,3-6,8-12H2,1-2H3. The van der Waals surface area contributed by atoms with Crippen LogP contribution in [-0.2, 0) is 4.79 Å². The van der Waals surface area contributed by atoms with E-state index in [0.717, 1.165) is 19.4 Å². The van der Waals surface area contributed by atoms with Gasteiger partial charge in [-0.1, -0.05) is 13.3 Å². The highest BCUT2D eigenvalue weighted by molar-refractivity contribution is 5.76. The summed E-state index contributed by atoms with van der Waals surface area (Å²) < 4.78 is 0. The zero-order chi connectivity index (χ0) is 13.8. The second kappa shape index (κ2) is 11.0. The van der Waals surface area contributed by atoms with Gasteiger partial charge >= 0.3 is 0 Å². The molecule has 0 atom stereocenters. The first-order valence-corrected chi connectivity index (χ1v) is 6.59. The molecule has 0 aromatic heterocycles. The van der Waals surface area contributed by atoms with Crippen LogP contribution in [0.5, 0.6) is 0 Å². The molecule has 0 radical (unpaired) electrons. The fourth-order valence-electron chi connectivity index (χ4n) is 1.65. The molecule has 0 spiro atoms. The van der Waals surface area contributed by atoms with Gasteiger partial charge in [0.2, 0.25) is 5.91 Å². The van der Waals surface area contributed by atoms with Crippen molar-refractivity contribution in [3.63, 3.8) is 0 Å². The molecule has 1 N–H and O–H groups in total. The van der Waals surface area contributed by atoms with Crippen LogP contribution in [0, 0.1) is 11.3 Å². The normalized spacial score (nSPS) is 10.4. The first-order chi connectivity index (χ1) is 8.65. The lowest BCUT2D eigenvalue weighted by atomic mass is 10.2. The van der Waals surface area contributed by atoms with Crippen LogP contribution in [0.2, 0.25) is 0 Å². The lowest BCUT2D eigenvalue weighted by Gasteiger charge is -2.22. The highest BCUT2D eigenvalue weighted by Crippen LogP contribution is 1.99. The summed E-state index contributed by atoms with van der Waals surface area (Å²) in [6.07, 6.45) is 3.01. The van der Waals surface area contributed by atoms with Gasteiger partial charge in [-0.05, 0) is 13.0 Å². The van der Waals surface area contributed by atoms with E-state index in [1.165, 1.54) is 0 Å². The SMILES string of the molecule is CCCCN(CCO)CCC(=O)N(C)CCC#N. The lowest BCUT2D eigenvalue weighted by Crippen LogP contribution is -2.34. The molecule has 5 heteroatoms. The minimum Gasteiger partial charge on any atom is -0.395 e. The molecule has 104 valence electrons. The van der Waals surface area contributed by atoms with E-state index in [1.54, 1.807) is 11.9 Å². The first kappa shape index (κ1) is 16.9. The largest absolute Gasteiger partial charge is 0.395 e. The van der Waals surface area contributed by atoms with Gasteiger partial charge in [-0.25, -0.2) is 0 Å². The molecule has 18 heavy (non-hydrogen) atoms. The maximum atomic E-state index is 11.8. The van der Waals surface area contributed by atoms with Crippen molar-refractivity contribution < 1.29 is 9.90 Å². The monoisotopic (exact) mass is 255 g/mol. The van der Waals surface area contributed by atoms with Crippen molar-refractivity contribution in [1.29, 1.82) is 5.26 Å². The first-order valence-electron chi connectivity index (χ1n) is 6.59. The number of carbonyl (C=O) groups is 1. The van der Waals surface area contributed by atoms with Gasteiger partial charge in [0.1, 0.15) is 0 Å². The van der Waals surface area contributed by atoms with E-state index in [9.17, 15) is 4.79 Å². The predicted octanol–water partition coefficient (Wildman–Crippen LogP) is 0.843. The molecule has 0 heterocycles. The second-order valence-corrected chi connectivity index (χ2v) is 4.39. The molecule has 0 aliphatic rings. The molecule has 0 aliphatic carbocycles. The van der Waals surface area contributed by atoms with E-state index in [0.29, 0.717) is 32.5 Å². The Bertz CT molecular complexity index is 263. The number of rotatable bonds is 10. The smallest absolute Gasteiger partial charge is 0.223 e. The van der Waals surface area contributed by atoms with Crippen LogP contribution in [0.15, 0.2) is 0 Å². The predicted molar refractivity (Wildman–Crippen MR) is 70.9 cm³/mol. The van der Waals surface area contributed by atoms with E-state index in [4.69, 9.17) is 10.4 Å². The van der Waals surface area contributed by atoms with Crippen LogP contribution < -0.4 is 0 Å². The molecule has 0 bridgehead atoms. The Morgan fingerprint density at radius 2 is 2.00 bits per heavy atom. The third-order valence-electron chi connectivity index (χ3n) is 2.87. The van der Waals surface area contributed by atoms with E-state index < -0.39 is 0 Å². The summed E-state index contributed by atoms with van der Waals surface area (Å²) in [7, 11) is 1.72. The van der Waals surface area contributed by atoms with Crippen molar-refractivity contribution in [2.45, 2.75) is 32.6 Å². The molecule has 0 rings (SSSR count). The van der Waals surface area contributed by atoms with E-state index in [2.05, 4.69) is 11.8 Å². The summed E-state index contributed by atoms with van der Waals surface area (Å²) in [5, 5.41) is 17.4. The number of nitriles is 1. The number of aliphatic hydroxyl groups is 1.